The van der Waals surface area contributed by atoms with Gasteiger partial charge in [0.25, 0.3) is 0 Å². The Morgan fingerprint density at radius 2 is 1.68 bits per heavy atom. The van der Waals surface area contributed by atoms with Gasteiger partial charge in [0.05, 0.1) is 6.21 Å². The van der Waals surface area contributed by atoms with Crippen LogP contribution in [-0.2, 0) is 6.54 Å². The van der Waals surface area contributed by atoms with Gasteiger partial charge in [0, 0.05) is 44.5 Å². The molecule has 31 heavy (non-hydrogen) atoms. The zero-order valence-electron chi connectivity index (χ0n) is 17.3. The third-order valence-electron chi connectivity index (χ3n) is 5.33. The van der Waals surface area contributed by atoms with Crippen LogP contribution >= 0.6 is 12.2 Å². The number of nitrogens with one attached hydrogen (secondary N) is 1. The molecule has 2 aromatic carbocycles. The second-order valence-corrected chi connectivity index (χ2v) is 7.95. The molecular formula is C24H26N6S. The summed E-state index contributed by atoms with van der Waals surface area (Å²) in [5.41, 5.74) is 12.5. The molecule has 1 aromatic heterocycles. The standard InChI is InChI=1S/C24H26N6S/c25-24(31)28-27-16-19-6-8-21(9-7-19)22-10-11-23(26-17-22)30-14-12-29(13-15-30)18-20-4-2-1-3-5-20/h1-11,16-17H,12-15,18H2,(H3,25,28,31). The molecule has 1 fully saturated rings. The molecular weight excluding hydrogens is 404 g/mol. The SMILES string of the molecule is NC(=S)NN=Cc1ccc(-c2ccc(N3CCN(Cc4ccccc4)CC3)nc2)cc1. The van der Waals surface area contributed by atoms with Gasteiger partial charge in [-0.05, 0) is 41.0 Å². The number of hydrogen-bond acceptors (Lipinski definition) is 5. The Kier molecular flexibility index (Phi) is 6.86. The zero-order valence-corrected chi connectivity index (χ0v) is 18.1. The van der Waals surface area contributed by atoms with Crippen molar-refractivity contribution in [1.82, 2.24) is 15.3 Å². The molecule has 1 aliphatic heterocycles. The molecule has 0 bridgehead atoms. The Morgan fingerprint density at radius 1 is 0.968 bits per heavy atom. The van der Waals surface area contributed by atoms with Gasteiger partial charge in [-0.25, -0.2) is 4.98 Å². The highest BCUT2D eigenvalue weighted by Gasteiger charge is 2.18. The van der Waals surface area contributed by atoms with Crippen molar-refractivity contribution in [2.75, 3.05) is 31.1 Å². The third kappa shape index (κ3) is 5.87. The van der Waals surface area contributed by atoms with Crippen LogP contribution in [0.25, 0.3) is 11.1 Å². The second kappa shape index (κ2) is 10.1. The van der Waals surface area contributed by atoms with Crippen LogP contribution in [0.4, 0.5) is 5.82 Å². The first-order valence-corrected chi connectivity index (χ1v) is 10.7. The molecule has 0 unspecified atom stereocenters. The Bertz CT molecular complexity index is 1010. The first kappa shape index (κ1) is 21.0. The number of rotatable bonds is 6. The van der Waals surface area contributed by atoms with Gasteiger partial charge in [-0.2, -0.15) is 5.10 Å². The van der Waals surface area contributed by atoms with Gasteiger partial charge in [-0.15, -0.1) is 0 Å². The van der Waals surface area contributed by atoms with E-state index in [0.717, 1.165) is 55.2 Å². The van der Waals surface area contributed by atoms with E-state index in [9.17, 15) is 0 Å². The molecule has 7 heteroatoms. The van der Waals surface area contributed by atoms with Crippen molar-refractivity contribution in [3.63, 3.8) is 0 Å². The second-order valence-electron chi connectivity index (χ2n) is 7.51. The minimum atomic E-state index is 0.150. The number of nitrogens with zero attached hydrogens (tertiary/aromatic N) is 4. The first-order valence-electron chi connectivity index (χ1n) is 10.3. The molecule has 0 amide bonds. The molecule has 0 radical (unpaired) electrons. The number of hydrazone groups is 1. The third-order valence-corrected chi connectivity index (χ3v) is 5.42. The fourth-order valence-electron chi connectivity index (χ4n) is 3.65. The summed E-state index contributed by atoms with van der Waals surface area (Å²) in [4.78, 5) is 9.58. The fourth-order valence-corrected chi connectivity index (χ4v) is 3.71. The van der Waals surface area contributed by atoms with E-state index in [2.05, 4.69) is 74.9 Å². The predicted molar refractivity (Wildman–Crippen MR) is 131 cm³/mol. The summed E-state index contributed by atoms with van der Waals surface area (Å²) in [5, 5.41) is 4.12. The number of benzene rings is 2. The highest BCUT2D eigenvalue weighted by Crippen LogP contribution is 2.22. The van der Waals surface area contributed by atoms with Gasteiger partial charge in [-0.1, -0.05) is 54.6 Å². The molecule has 2 heterocycles. The van der Waals surface area contributed by atoms with Crippen molar-refractivity contribution in [2.24, 2.45) is 10.8 Å². The van der Waals surface area contributed by atoms with Crippen LogP contribution in [0.1, 0.15) is 11.1 Å². The maximum atomic E-state index is 5.35. The minimum absolute atomic E-state index is 0.150. The van der Waals surface area contributed by atoms with Crippen LogP contribution in [0, 0.1) is 0 Å². The van der Waals surface area contributed by atoms with Gasteiger partial charge >= 0.3 is 0 Å². The van der Waals surface area contributed by atoms with E-state index in [1.54, 1.807) is 6.21 Å². The number of thiocarbonyl (C=S) groups is 1. The van der Waals surface area contributed by atoms with Gasteiger partial charge < -0.3 is 10.6 Å². The number of hydrogen-bond donors (Lipinski definition) is 2. The van der Waals surface area contributed by atoms with Crippen molar-refractivity contribution < 1.29 is 0 Å². The van der Waals surface area contributed by atoms with E-state index in [1.807, 2.05) is 18.3 Å². The predicted octanol–water partition coefficient (Wildman–Crippen LogP) is 3.24. The Balaban J connectivity index is 1.32. The molecule has 0 atom stereocenters. The van der Waals surface area contributed by atoms with Crippen molar-refractivity contribution in [2.45, 2.75) is 6.54 Å². The number of pyridine rings is 1. The molecule has 0 aliphatic carbocycles. The fraction of sp³-hybridized carbons (Fsp3) is 0.208. The lowest BCUT2D eigenvalue weighted by molar-refractivity contribution is 0.249. The molecule has 4 rings (SSSR count). The minimum Gasteiger partial charge on any atom is -0.375 e. The Labute approximate surface area is 188 Å². The number of aromatic nitrogens is 1. The van der Waals surface area contributed by atoms with E-state index >= 15 is 0 Å². The molecule has 1 aliphatic rings. The summed E-state index contributed by atoms with van der Waals surface area (Å²) in [6.07, 6.45) is 3.63. The molecule has 1 saturated heterocycles. The van der Waals surface area contributed by atoms with Crippen LogP contribution < -0.4 is 16.1 Å². The molecule has 0 spiro atoms. The summed E-state index contributed by atoms with van der Waals surface area (Å²) in [6.45, 7) is 5.09. The Hall–Kier alpha value is -3.29. The van der Waals surface area contributed by atoms with Gasteiger partial charge in [0.2, 0.25) is 0 Å². The highest BCUT2D eigenvalue weighted by atomic mass is 32.1. The zero-order chi connectivity index (χ0) is 21.5. The summed E-state index contributed by atoms with van der Waals surface area (Å²) < 4.78 is 0. The summed E-state index contributed by atoms with van der Waals surface area (Å²) in [7, 11) is 0. The largest absolute Gasteiger partial charge is 0.375 e. The molecule has 0 saturated carbocycles. The van der Waals surface area contributed by atoms with Crippen LogP contribution in [0.5, 0.6) is 0 Å². The van der Waals surface area contributed by atoms with Crippen LogP contribution in [0.15, 0.2) is 78.0 Å². The Morgan fingerprint density at radius 3 is 2.32 bits per heavy atom. The molecule has 3 N–H and O–H groups in total. The normalized spacial score (nSPS) is 14.6. The average Bonchev–Trinajstić information content (AvgIpc) is 2.81. The molecule has 158 valence electrons. The van der Waals surface area contributed by atoms with E-state index in [1.165, 1.54) is 5.56 Å². The number of nitrogens with two attached hydrogens (primary N) is 1. The highest BCUT2D eigenvalue weighted by molar-refractivity contribution is 7.80. The lowest BCUT2D eigenvalue weighted by Crippen LogP contribution is -2.46. The summed E-state index contributed by atoms with van der Waals surface area (Å²) in [6, 6.07) is 23.0. The topological polar surface area (TPSA) is 69.8 Å². The molecule has 6 nitrogen and oxygen atoms in total. The van der Waals surface area contributed by atoms with Crippen molar-refractivity contribution >= 4 is 29.4 Å². The smallest absolute Gasteiger partial charge is 0.184 e. The lowest BCUT2D eigenvalue weighted by Gasteiger charge is -2.35. The average molecular weight is 431 g/mol. The van der Waals surface area contributed by atoms with Crippen molar-refractivity contribution in [3.05, 3.63) is 84.1 Å². The van der Waals surface area contributed by atoms with E-state index in [-0.39, 0.29) is 5.11 Å². The van der Waals surface area contributed by atoms with Gasteiger partial charge in [0.15, 0.2) is 5.11 Å². The number of piperazine rings is 1. The summed E-state index contributed by atoms with van der Waals surface area (Å²) >= 11 is 4.73. The van der Waals surface area contributed by atoms with Crippen LogP contribution in [0.3, 0.4) is 0 Å². The lowest BCUT2D eigenvalue weighted by atomic mass is 10.1. The van der Waals surface area contributed by atoms with Crippen molar-refractivity contribution in [3.8, 4) is 11.1 Å². The van der Waals surface area contributed by atoms with E-state index in [4.69, 9.17) is 22.9 Å². The number of anilines is 1. The van der Waals surface area contributed by atoms with Crippen molar-refractivity contribution in [1.29, 1.82) is 0 Å². The van der Waals surface area contributed by atoms with Crippen LogP contribution in [0.2, 0.25) is 0 Å². The quantitative estimate of drug-likeness (QED) is 0.355. The van der Waals surface area contributed by atoms with E-state index < -0.39 is 0 Å². The maximum absolute atomic E-state index is 5.35. The van der Waals surface area contributed by atoms with Gasteiger partial charge in [-0.3, -0.25) is 10.3 Å². The van der Waals surface area contributed by atoms with E-state index in [0.29, 0.717) is 0 Å². The first-order chi connectivity index (χ1) is 15.2. The van der Waals surface area contributed by atoms with Crippen LogP contribution in [-0.4, -0.2) is 47.4 Å². The summed E-state index contributed by atoms with van der Waals surface area (Å²) in [5.74, 6) is 1.04. The van der Waals surface area contributed by atoms with Gasteiger partial charge in [0.1, 0.15) is 5.82 Å². The monoisotopic (exact) mass is 430 g/mol. The molecule has 3 aromatic rings. The maximum Gasteiger partial charge on any atom is 0.184 e.